The van der Waals surface area contributed by atoms with Crippen LogP contribution in [-0.2, 0) is 6.54 Å². The maximum absolute atomic E-state index is 9.03. The van der Waals surface area contributed by atoms with Crippen molar-refractivity contribution < 1.29 is 5.11 Å². The van der Waals surface area contributed by atoms with E-state index in [2.05, 4.69) is 27.3 Å². The molecule has 1 fully saturated rings. The molecule has 0 amide bonds. The maximum atomic E-state index is 9.03. The Morgan fingerprint density at radius 2 is 2.06 bits per heavy atom. The Kier molecular flexibility index (Phi) is 5.11. The van der Waals surface area contributed by atoms with E-state index in [1.54, 1.807) is 0 Å². The number of pyridine rings is 1. The van der Waals surface area contributed by atoms with Crippen LogP contribution in [0.3, 0.4) is 0 Å². The normalized spacial score (nSPS) is 19.9. The molecule has 1 saturated heterocycles. The van der Waals surface area contributed by atoms with Gasteiger partial charge in [0.15, 0.2) is 0 Å². The molecule has 2 rings (SSSR count). The third-order valence-electron chi connectivity index (χ3n) is 3.54. The summed E-state index contributed by atoms with van der Waals surface area (Å²) in [7, 11) is 0. The van der Waals surface area contributed by atoms with Crippen molar-refractivity contribution in [1.82, 2.24) is 15.2 Å². The van der Waals surface area contributed by atoms with Crippen LogP contribution in [0.5, 0.6) is 0 Å². The lowest BCUT2D eigenvalue weighted by molar-refractivity contribution is 0.170. The Labute approximate surface area is 109 Å². The van der Waals surface area contributed by atoms with Gasteiger partial charge in [-0.3, -0.25) is 9.88 Å². The molecule has 1 atom stereocenters. The van der Waals surface area contributed by atoms with Crippen LogP contribution in [0.2, 0.25) is 0 Å². The lowest BCUT2D eigenvalue weighted by Crippen LogP contribution is -2.46. The standard InChI is InChI=1S/C14H23N3O/c1-12(11-18)16-14-4-8-17(9-5-14)10-13-2-6-15-7-3-13/h2-3,6-7,12,14,16,18H,4-5,8-11H2,1H3. The van der Waals surface area contributed by atoms with Crippen LogP contribution in [-0.4, -0.2) is 46.8 Å². The van der Waals surface area contributed by atoms with E-state index < -0.39 is 0 Å². The number of rotatable bonds is 5. The average Bonchev–Trinajstić information content (AvgIpc) is 2.42. The number of aliphatic hydroxyl groups is 1. The molecule has 0 radical (unpaired) electrons. The number of piperidine rings is 1. The van der Waals surface area contributed by atoms with Crippen LogP contribution in [0.4, 0.5) is 0 Å². The molecular weight excluding hydrogens is 226 g/mol. The molecule has 0 bridgehead atoms. The molecule has 0 aliphatic carbocycles. The van der Waals surface area contributed by atoms with E-state index in [0.717, 1.165) is 32.5 Å². The van der Waals surface area contributed by atoms with Crippen molar-refractivity contribution in [3.05, 3.63) is 30.1 Å². The van der Waals surface area contributed by atoms with Gasteiger partial charge < -0.3 is 10.4 Å². The minimum absolute atomic E-state index is 0.210. The molecule has 2 N–H and O–H groups in total. The molecule has 4 nitrogen and oxygen atoms in total. The number of nitrogens with zero attached hydrogens (tertiary/aromatic N) is 2. The quantitative estimate of drug-likeness (QED) is 0.818. The zero-order valence-corrected chi connectivity index (χ0v) is 11.0. The second-order valence-electron chi connectivity index (χ2n) is 5.16. The van der Waals surface area contributed by atoms with E-state index in [9.17, 15) is 0 Å². The van der Waals surface area contributed by atoms with Crippen molar-refractivity contribution in [2.75, 3.05) is 19.7 Å². The van der Waals surface area contributed by atoms with Crippen LogP contribution < -0.4 is 5.32 Å². The van der Waals surface area contributed by atoms with Gasteiger partial charge >= 0.3 is 0 Å². The molecule has 0 spiro atoms. The monoisotopic (exact) mass is 249 g/mol. The van der Waals surface area contributed by atoms with Crippen LogP contribution >= 0.6 is 0 Å². The summed E-state index contributed by atoms with van der Waals surface area (Å²) >= 11 is 0. The Balaban J connectivity index is 1.73. The second-order valence-corrected chi connectivity index (χ2v) is 5.16. The van der Waals surface area contributed by atoms with Crippen LogP contribution in [0.1, 0.15) is 25.3 Å². The average molecular weight is 249 g/mol. The first kappa shape index (κ1) is 13.5. The third kappa shape index (κ3) is 4.05. The SMILES string of the molecule is CC(CO)NC1CCN(Cc2ccncc2)CC1. The van der Waals surface area contributed by atoms with Crippen molar-refractivity contribution in [3.8, 4) is 0 Å². The minimum Gasteiger partial charge on any atom is -0.395 e. The summed E-state index contributed by atoms with van der Waals surface area (Å²) in [4.78, 5) is 6.52. The minimum atomic E-state index is 0.210. The number of nitrogens with one attached hydrogen (secondary N) is 1. The first-order chi connectivity index (χ1) is 8.78. The van der Waals surface area contributed by atoms with Crippen molar-refractivity contribution >= 4 is 0 Å². The highest BCUT2D eigenvalue weighted by Crippen LogP contribution is 2.13. The predicted octanol–water partition coefficient (Wildman–Crippen LogP) is 1.02. The van der Waals surface area contributed by atoms with Gasteiger partial charge in [0.25, 0.3) is 0 Å². The van der Waals surface area contributed by atoms with E-state index in [0.29, 0.717) is 6.04 Å². The van der Waals surface area contributed by atoms with Gasteiger partial charge in [0.05, 0.1) is 6.61 Å². The van der Waals surface area contributed by atoms with Gasteiger partial charge in [-0.05, 0) is 50.6 Å². The summed E-state index contributed by atoms with van der Waals surface area (Å²) < 4.78 is 0. The van der Waals surface area contributed by atoms with Crippen molar-refractivity contribution in [2.45, 2.75) is 38.4 Å². The fourth-order valence-electron chi connectivity index (χ4n) is 2.46. The highest BCUT2D eigenvalue weighted by molar-refractivity contribution is 5.09. The third-order valence-corrected chi connectivity index (χ3v) is 3.54. The number of aromatic nitrogens is 1. The molecule has 1 aromatic rings. The smallest absolute Gasteiger partial charge is 0.0582 e. The van der Waals surface area contributed by atoms with E-state index in [1.807, 2.05) is 19.3 Å². The fraction of sp³-hybridized carbons (Fsp3) is 0.643. The molecule has 1 unspecified atom stereocenters. The van der Waals surface area contributed by atoms with Crippen LogP contribution in [0.25, 0.3) is 0 Å². The summed E-state index contributed by atoms with van der Waals surface area (Å²) in [5.74, 6) is 0. The Morgan fingerprint density at radius 1 is 1.39 bits per heavy atom. The molecule has 0 saturated carbocycles. The topological polar surface area (TPSA) is 48.4 Å². The van der Waals surface area contributed by atoms with Gasteiger partial charge in [-0.15, -0.1) is 0 Å². The van der Waals surface area contributed by atoms with E-state index in [1.165, 1.54) is 5.56 Å². The van der Waals surface area contributed by atoms with Crippen molar-refractivity contribution in [2.24, 2.45) is 0 Å². The first-order valence-electron chi connectivity index (χ1n) is 6.76. The lowest BCUT2D eigenvalue weighted by Gasteiger charge is -2.33. The molecule has 0 aromatic carbocycles. The van der Waals surface area contributed by atoms with Crippen molar-refractivity contribution in [3.63, 3.8) is 0 Å². The zero-order valence-electron chi connectivity index (χ0n) is 11.0. The van der Waals surface area contributed by atoms with Crippen LogP contribution in [0.15, 0.2) is 24.5 Å². The number of likely N-dealkylation sites (tertiary alicyclic amines) is 1. The number of hydrogen-bond acceptors (Lipinski definition) is 4. The van der Waals surface area contributed by atoms with E-state index in [-0.39, 0.29) is 12.6 Å². The Morgan fingerprint density at radius 3 is 2.67 bits per heavy atom. The first-order valence-corrected chi connectivity index (χ1v) is 6.76. The molecule has 1 aliphatic rings. The molecule has 100 valence electrons. The summed E-state index contributed by atoms with van der Waals surface area (Å²) in [6.45, 7) is 5.52. The number of hydrogen-bond donors (Lipinski definition) is 2. The summed E-state index contributed by atoms with van der Waals surface area (Å²) in [6.07, 6.45) is 6.03. The lowest BCUT2D eigenvalue weighted by atomic mass is 10.0. The highest BCUT2D eigenvalue weighted by Gasteiger charge is 2.19. The molecule has 1 aromatic heterocycles. The van der Waals surface area contributed by atoms with Crippen molar-refractivity contribution in [1.29, 1.82) is 0 Å². The van der Waals surface area contributed by atoms with Gasteiger partial charge in [0.1, 0.15) is 0 Å². The molecule has 4 heteroatoms. The molecule has 1 aliphatic heterocycles. The highest BCUT2D eigenvalue weighted by atomic mass is 16.3. The second kappa shape index (κ2) is 6.83. The largest absolute Gasteiger partial charge is 0.395 e. The van der Waals surface area contributed by atoms with Gasteiger partial charge in [0, 0.05) is 31.0 Å². The van der Waals surface area contributed by atoms with E-state index in [4.69, 9.17) is 5.11 Å². The number of aliphatic hydroxyl groups excluding tert-OH is 1. The maximum Gasteiger partial charge on any atom is 0.0582 e. The summed E-state index contributed by atoms with van der Waals surface area (Å²) in [5, 5.41) is 12.5. The van der Waals surface area contributed by atoms with Gasteiger partial charge in [-0.1, -0.05) is 0 Å². The van der Waals surface area contributed by atoms with Gasteiger partial charge in [-0.25, -0.2) is 0 Å². The molecular formula is C14H23N3O. The Bertz CT molecular complexity index is 336. The Hall–Kier alpha value is -0.970. The molecule has 18 heavy (non-hydrogen) atoms. The molecule has 2 heterocycles. The predicted molar refractivity (Wildman–Crippen MR) is 72.2 cm³/mol. The zero-order chi connectivity index (χ0) is 12.8. The summed E-state index contributed by atoms with van der Waals surface area (Å²) in [5.41, 5.74) is 1.33. The fourth-order valence-corrected chi connectivity index (χ4v) is 2.46. The van der Waals surface area contributed by atoms with Crippen LogP contribution in [0, 0.1) is 0 Å². The van der Waals surface area contributed by atoms with E-state index >= 15 is 0 Å². The van der Waals surface area contributed by atoms with Gasteiger partial charge in [-0.2, -0.15) is 0 Å². The summed E-state index contributed by atoms with van der Waals surface area (Å²) in [6, 6.07) is 4.93. The van der Waals surface area contributed by atoms with Gasteiger partial charge in [0.2, 0.25) is 0 Å².